The van der Waals surface area contributed by atoms with Crippen molar-refractivity contribution in [2.24, 2.45) is 5.92 Å². The average molecular weight is 103 g/mol. The van der Waals surface area contributed by atoms with Crippen LogP contribution < -0.4 is 5.32 Å². The topological polar surface area (TPSA) is 12.0 Å². The molecule has 1 N–H and O–H groups in total. The number of hydrogen-bond acceptors (Lipinski definition) is 1. The number of rotatable bonds is 1. The first-order valence-corrected chi connectivity index (χ1v) is 2.64. The minimum absolute atomic E-state index is 0.159. The lowest BCUT2D eigenvalue weighted by atomic mass is 9.95. The van der Waals surface area contributed by atoms with Gasteiger partial charge in [0, 0.05) is 18.5 Å². The summed E-state index contributed by atoms with van der Waals surface area (Å²) >= 11 is 0. The van der Waals surface area contributed by atoms with E-state index in [1.54, 1.807) is 0 Å². The molecule has 1 unspecified atom stereocenters. The summed E-state index contributed by atoms with van der Waals surface area (Å²) in [5, 5.41) is 3.07. The number of halogens is 1. The third kappa shape index (κ3) is 0.752. The van der Waals surface area contributed by atoms with Gasteiger partial charge in [-0.25, -0.2) is 0 Å². The molecule has 42 valence electrons. The molecule has 7 heavy (non-hydrogen) atoms. The Kier molecular flexibility index (Phi) is 1.28. The smallest absolute Gasteiger partial charge is 0.0949 e. The van der Waals surface area contributed by atoms with E-state index in [-0.39, 0.29) is 6.67 Å². The van der Waals surface area contributed by atoms with Crippen molar-refractivity contribution in [1.82, 2.24) is 5.32 Å². The van der Waals surface area contributed by atoms with Crippen molar-refractivity contribution in [3.8, 4) is 0 Å². The second-order valence-electron chi connectivity index (χ2n) is 2.11. The van der Waals surface area contributed by atoms with Crippen molar-refractivity contribution in [1.29, 1.82) is 0 Å². The average Bonchev–Trinajstić information content (AvgIpc) is 1.65. The van der Waals surface area contributed by atoms with Crippen LogP contribution in [0.15, 0.2) is 0 Å². The van der Waals surface area contributed by atoms with Crippen molar-refractivity contribution in [2.45, 2.75) is 13.0 Å². The zero-order valence-electron chi connectivity index (χ0n) is 4.45. The molecule has 0 radical (unpaired) electrons. The van der Waals surface area contributed by atoms with Crippen molar-refractivity contribution < 1.29 is 4.39 Å². The Labute approximate surface area is 42.9 Å². The maximum Gasteiger partial charge on any atom is 0.0949 e. The van der Waals surface area contributed by atoms with Crippen LogP contribution in [-0.4, -0.2) is 19.3 Å². The Morgan fingerprint density at radius 3 is 2.57 bits per heavy atom. The molecule has 0 aromatic rings. The molecule has 1 aliphatic heterocycles. The molecule has 2 atom stereocenters. The van der Waals surface area contributed by atoms with Crippen molar-refractivity contribution >= 4 is 0 Å². The van der Waals surface area contributed by atoms with Crippen LogP contribution in [0.2, 0.25) is 0 Å². The molecule has 0 saturated carbocycles. The van der Waals surface area contributed by atoms with Gasteiger partial charge in [0.05, 0.1) is 6.67 Å². The maximum absolute atomic E-state index is 11.6. The van der Waals surface area contributed by atoms with E-state index < -0.39 is 0 Å². The highest BCUT2D eigenvalue weighted by molar-refractivity contribution is 4.83. The first-order valence-electron chi connectivity index (χ1n) is 2.64. The van der Waals surface area contributed by atoms with E-state index in [1.165, 1.54) is 0 Å². The SMILES string of the molecule is CC1NC[C@H]1CF. The summed E-state index contributed by atoms with van der Waals surface area (Å²) in [5.74, 6) is 0.306. The van der Waals surface area contributed by atoms with Crippen LogP contribution >= 0.6 is 0 Å². The van der Waals surface area contributed by atoms with Gasteiger partial charge in [0.25, 0.3) is 0 Å². The van der Waals surface area contributed by atoms with Crippen molar-refractivity contribution in [3.63, 3.8) is 0 Å². The lowest BCUT2D eigenvalue weighted by Crippen LogP contribution is -2.51. The predicted molar refractivity (Wildman–Crippen MR) is 26.9 cm³/mol. The molecular weight excluding hydrogens is 93.1 g/mol. The second kappa shape index (κ2) is 1.78. The molecule has 1 aliphatic rings. The molecule has 1 heterocycles. The summed E-state index contributed by atoms with van der Waals surface area (Å²) in [6, 6.07) is 0.421. The van der Waals surface area contributed by atoms with Crippen LogP contribution in [-0.2, 0) is 0 Å². The molecule has 0 aromatic heterocycles. The molecule has 1 rings (SSSR count). The van der Waals surface area contributed by atoms with Crippen LogP contribution in [0.5, 0.6) is 0 Å². The number of nitrogens with one attached hydrogen (secondary N) is 1. The molecule has 0 aromatic carbocycles. The monoisotopic (exact) mass is 103 g/mol. The van der Waals surface area contributed by atoms with Crippen LogP contribution in [0.3, 0.4) is 0 Å². The highest BCUT2D eigenvalue weighted by Crippen LogP contribution is 2.11. The van der Waals surface area contributed by atoms with Gasteiger partial charge >= 0.3 is 0 Å². The van der Waals surface area contributed by atoms with Crippen LogP contribution in [0.4, 0.5) is 4.39 Å². The molecule has 1 nitrogen and oxygen atoms in total. The van der Waals surface area contributed by atoms with E-state index in [0.29, 0.717) is 12.0 Å². The molecular formula is C5H10FN. The summed E-state index contributed by atoms with van der Waals surface area (Å²) in [4.78, 5) is 0. The Morgan fingerprint density at radius 1 is 1.86 bits per heavy atom. The van der Waals surface area contributed by atoms with Crippen molar-refractivity contribution in [2.75, 3.05) is 13.2 Å². The highest BCUT2D eigenvalue weighted by atomic mass is 19.1. The Hall–Kier alpha value is -0.110. The van der Waals surface area contributed by atoms with Gasteiger partial charge in [-0.2, -0.15) is 0 Å². The van der Waals surface area contributed by atoms with Gasteiger partial charge in [0.15, 0.2) is 0 Å². The summed E-state index contributed by atoms with van der Waals surface area (Å²) < 4.78 is 11.6. The quantitative estimate of drug-likeness (QED) is 0.511. The third-order valence-corrected chi connectivity index (χ3v) is 1.61. The van der Waals surface area contributed by atoms with E-state index in [2.05, 4.69) is 5.32 Å². The summed E-state index contributed by atoms with van der Waals surface area (Å²) in [6.45, 7) is 2.72. The summed E-state index contributed by atoms with van der Waals surface area (Å²) in [5.41, 5.74) is 0. The Balaban J connectivity index is 2.16. The van der Waals surface area contributed by atoms with Gasteiger partial charge in [-0.3, -0.25) is 4.39 Å². The van der Waals surface area contributed by atoms with Crippen LogP contribution in [0.1, 0.15) is 6.92 Å². The van der Waals surface area contributed by atoms with E-state index in [9.17, 15) is 4.39 Å². The predicted octanol–water partition coefficient (Wildman–Crippen LogP) is 0.564. The fraction of sp³-hybridized carbons (Fsp3) is 1.00. The minimum Gasteiger partial charge on any atom is -0.313 e. The van der Waals surface area contributed by atoms with E-state index >= 15 is 0 Å². The van der Waals surface area contributed by atoms with E-state index in [0.717, 1.165) is 6.54 Å². The first-order chi connectivity index (χ1) is 3.34. The standard InChI is InChI=1S/C5H10FN/c1-4-5(2-6)3-7-4/h4-5,7H,2-3H2,1H3/t4?,5-/m1/s1. The van der Waals surface area contributed by atoms with E-state index in [4.69, 9.17) is 0 Å². The molecule has 1 fully saturated rings. The Bertz CT molecular complexity index is 63.1. The van der Waals surface area contributed by atoms with Gasteiger partial charge < -0.3 is 5.32 Å². The molecule has 2 heteroatoms. The van der Waals surface area contributed by atoms with Crippen LogP contribution in [0.25, 0.3) is 0 Å². The highest BCUT2D eigenvalue weighted by Gasteiger charge is 2.24. The number of alkyl halides is 1. The van der Waals surface area contributed by atoms with Gasteiger partial charge in [0.2, 0.25) is 0 Å². The lowest BCUT2D eigenvalue weighted by Gasteiger charge is -2.32. The summed E-state index contributed by atoms with van der Waals surface area (Å²) in [6.07, 6.45) is 0. The minimum atomic E-state index is -0.159. The van der Waals surface area contributed by atoms with Crippen LogP contribution in [0, 0.1) is 5.92 Å². The van der Waals surface area contributed by atoms with Gasteiger partial charge in [-0.15, -0.1) is 0 Å². The molecule has 0 aliphatic carbocycles. The summed E-state index contributed by atoms with van der Waals surface area (Å²) in [7, 11) is 0. The van der Waals surface area contributed by atoms with E-state index in [1.807, 2.05) is 6.92 Å². The molecule has 0 bridgehead atoms. The molecule has 0 amide bonds. The fourth-order valence-corrected chi connectivity index (χ4v) is 0.708. The fourth-order valence-electron chi connectivity index (χ4n) is 0.708. The van der Waals surface area contributed by atoms with Gasteiger partial charge in [-0.1, -0.05) is 0 Å². The zero-order chi connectivity index (χ0) is 5.28. The molecule has 1 saturated heterocycles. The maximum atomic E-state index is 11.6. The number of hydrogen-bond donors (Lipinski definition) is 1. The first kappa shape index (κ1) is 5.04. The third-order valence-electron chi connectivity index (χ3n) is 1.61. The Morgan fingerprint density at radius 2 is 2.57 bits per heavy atom. The second-order valence-corrected chi connectivity index (χ2v) is 2.11. The normalized spacial score (nSPS) is 40.3. The zero-order valence-corrected chi connectivity index (χ0v) is 4.45. The lowest BCUT2D eigenvalue weighted by molar-refractivity contribution is 0.199. The van der Waals surface area contributed by atoms with Crippen molar-refractivity contribution in [3.05, 3.63) is 0 Å². The van der Waals surface area contributed by atoms with Gasteiger partial charge in [-0.05, 0) is 6.92 Å². The largest absolute Gasteiger partial charge is 0.313 e. The van der Waals surface area contributed by atoms with Gasteiger partial charge in [0.1, 0.15) is 0 Å². The molecule has 0 spiro atoms.